The van der Waals surface area contributed by atoms with Crippen LogP contribution in [0.4, 0.5) is 11.8 Å². The van der Waals surface area contributed by atoms with E-state index in [1.165, 1.54) is 0 Å². The van der Waals surface area contributed by atoms with Gasteiger partial charge in [0.25, 0.3) is 0 Å². The molecule has 0 spiro atoms. The average Bonchev–Trinajstić information content (AvgIpc) is 3.41. The van der Waals surface area contributed by atoms with Gasteiger partial charge in [0.2, 0.25) is 5.95 Å². The highest BCUT2D eigenvalue weighted by Gasteiger charge is 2.20. The van der Waals surface area contributed by atoms with E-state index in [0.29, 0.717) is 40.1 Å². The molecule has 1 fully saturated rings. The van der Waals surface area contributed by atoms with Gasteiger partial charge in [-0.25, -0.2) is 9.67 Å². The molecule has 2 aromatic heterocycles. The van der Waals surface area contributed by atoms with Crippen LogP contribution in [-0.4, -0.2) is 39.0 Å². The van der Waals surface area contributed by atoms with E-state index < -0.39 is 0 Å². The lowest BCUT2D eigenvalue weighted by molar-refractivity contribution is 0.120. The van der Waals surface area contributed by atoms with Crippen LogP contribution in [0.1, 0.15) is 12.8 Å². The molecule has 0 amide bonds. The lowest BCUT2D eigenvalue weighted by Gasteiger charge is -2.12. The molecule has 0 aliphatic carbocycles. The van der Waals surface area contributed by atoms with Crippen LogP contribution in [0.15, 0.2) is 54.6 Å². The molecule has 7 nitrogen and oxygen atoms in total. The highest BCUT2D eigenvalue weighted by atomic mass is 35.5. The molecule has 1 aliphatic heterocycles. The van der Waals surface area contributed by atoms with Crippen molar-refractivity contribution in [2.24, 2.45) is 0 Å². The Bertz CT molecular complexity index is 1170. The zero-order valence-electron chi connectivity index (χ0n) is 16.3. The summed E-state index contributed by atoms with van der Waals surface area (Å²) in [7, 11) is 0. The van der Waals surface area contributed by atoms with Gasteiger partial charge in [-0.1, -0.05) is 41.9 Å². The summed E-state index contributed by atoms with van der Waals surface area (Å²) in [6, 6.07) is 17.3. The second-order valence-electron chi connectivity index (χ2n) is 7.25. The number of hydrogen-bond donors (Lipinski definition) is 2. The third-order valence-electron chi connectivity index (χ3n) is 5.20. The van der Waals surface area contributed by atoms with Gasteiger partial charge in [0, 0.05) is 23.7 Å². The molecule has 1 saturated heterocycles. The first-order valence-corrected chi connectivity index (χ1v) is 10.3. The highest BCUT2D eigenvalue weighted by molar-refractivity contribution is 6.30. The smallest absolute Gasteiger partial charge is 0.225 e. The largest absolute Gasteiger partial charge is 0.383 e. The molecule has 5 rings (SSSR count). The zero-order valence-corrected chi connectivity index (χ0v) is 17.0. The molecule has 1 aliphatic rings. The fourth-order valence-electron chi connectivity index (χ4n) is 3.68. The van der Waals surface area contributed by atoms with Crippen molar-refractivity contribution in [3.8, 4) is 16.9 Å². The minimum absolute atomic E-state index is 0.176. The third kappa shape index (κ3) is 3.58. The molecular weight excluding hydrogens is 400 g/mol. The molecule has 152 valence electrons. The number of fused-ring (bicyclic) bond motifs is 1. The minimum atomic E-state index is 0.176. The zero-order chi connectivity index (χ0) is 20.5. The topological polar surface area (TPSA) is 90.9 Å². The Kier molecular flexibility index (Phi) is 4.98. The number of nitrogen functional groups attached to an aromatic ring is 1. The van der Waals surface area contributed by atoms with Gasteiger partial charge >= 0.3 is 0 Å². The first-order valence-electron chi connectivity index (χ1n) is 9.92. The number of benzene rings is 2. The molecule has 2 aromatic carbocycles. The maximum absolute atomic E-state index is 6.52. The first kappa shape index (κ1) is 18.8. The third-order valence-corrected chi connectivity index (χ3v) is 5.45. The van der Waals surface area contributed by atoms with Gasteiger partial charge in [0.1, 0.15) is 5.82 Å². The van der Waals surface area contributed by atoms with Gasteiger partial charge in [-0.3, -0.25) is 0 Å². The van der Waals surface area contributed by atoms with E-state index in [0.717, 1.165) is 30.7 Å². The van der Waals surface area contributed by atoms with Crippen LogP contribution in [0.2, 0.25) is 5.02 Å². The standard InChI is InChI=1S/C22H21ClN6O/c23-15-10-8-14(9-11-15)19-18-20(24)29(16-5-2-1-3-6-16)28-21(18)27-22(26-19)25-13-17-7-4-12-30-17/h1-3,5-6,8-11,17H,4,7,12-13,24H2,(H,25,27,28). The molecule has 0 bridgehead atoms. The molecular formula is C22H21ClN6O. The molecule has 0 radical (unpaired) electrons. The van der Waals surface area contributed by atoms with Gasteiger partial charge in [-0.15, -0.1) is 5.10 Å². The van der Waals surface area contributed by atoms with Crippen LogP contribution in [0.5, 0.6) is 0 Å². The Morgan fingerprint density at radius 2 is 1.90 bits per heavy atom. The number of ether oxygens (including phenoxy) is 1. The van der Waals surface area contributed by atoms with Gasteiger partial charge < -0.3 is 15.8 Å². The van der Waals surface area contributed by atoms with Crippen molar-refractivity contribution in [1.82, 2.24) is 19.7 Å². The van der Waals surface area contributed by atoms with Crippen molar-refractivity contribution in [2.75, 3.05) is 24.2 Å². The van der Waals surface area contributed by atoms with Crippen molar-refractivity contribution in [3.05, 3.63) is 59.6 Å². The molecule has 1 unspecified atom stereocenters. The van der Waals surface area contributed by atoms with E-state index in [2.05, 4.69) is 15.4 Å². The van der Waals surface area contributed by atoms with E-state index >= 15 is 0 Å². The number of nitrogens with two attached hydrogens (primary N) is 1. The Morgan fingerprint density at radius 3 is 2.63 bits per heavy atom. The Hall–Kier alpha value is -3.16. The molecule has 3 N–H and O–H groups in total. The van der Waals surface area contributed by atoms with E-state index in [1.807, 2.05) is 54.6 Å². The molecule has 0 saturated carbocycles. The van der Waals surface area contributed by atoms with E-state index in [9.17, 15) is 0 Å². The van der Waals surface area contributed by atoms with Crippen LogP contribution in [-0.2, 0) is 4.74 Å². The molecule has 4 aromatic rings. The maximum atomic E-state index is 6.52. The van der Waals surface area contributed by atoms with Crippen molar-refractivity contribution in [3.63, 3.8) is 0 Å². The summed E-state index contributed by atoms with van der Waals surface area (Å²) in [5.41, 5.74) is 9.52. The number of nitrogens with one attached hydrogen (secondary N) is 1. The van der Waals surface area contributed by atoms with Gasteiger partial charge in [0.05, 0.1) is 22.9 Å². The second kappa shape index (κ2) is 7.93. The minimum Gasteiger partial charge on any atom is -0.383 e. The molecule has 8 heteroatoms. The first-order chi connectivity index (χ1) is 14.7. The van der Waals surface area contributed by atoms with Crippen LogP contribution >= 0.6 is 11.6 Å². The Balaban J connectivity index is 1.63. The van der Waals surface area contributed by atoms with Crippen molar-refractivity contribution < 1.29 is 4.74 Å². The fourth-order valence-corrected chi connectivity index (χ4v) is 3.81. The number of halogens is 1. The summed E-state index contributed by atoms with van der Waals surface area (Å²) in [4.78, 5) is 9.41. The summed E-state index contributed by atoms with van der Waals surface area (Å²) in [5.74, 6) is 0.993. The number of nitrogens with zero attached hydrogens (tertiary/aromatic N) is 4. The van der Waals surface area contributed by atoms with Crippen LogP contribution < -0.4 is 11.1 Å². The monoisotopic (exact) mass is 420 g/mol. The number of rotatable bonds is 5. The number of aromatic nitrogens is 4. The quantitative estimate of drug-likeness (QED) is 0.500. The molecule has 30 heavy (non-hydrogen) atoms. The summed E-state index contributed by atoms with van der Waals surface area (Å²) in [6.07, 6.45) is 2.30. The van der Waals surface area contributed by atoms with Crippen molar-refractivity contribution >= 4 is 34.4 Å². The van der Waals surface area contributed by atoms with Crippen LogP contribution in [0, 0.1) is 0 Å². The molecule has 3 heterocycles. The Labute approximate surface area is 178 Å². The average molecular weight is 421 g/mol. The normalized spacial score (nSPS) is 16.2. The predicted molar refractivity (Wildman–Crippen MR) is 119 cm³/mol. The summed E-state index contributed by atoms with van der Waals surface area (Å²) >= 11 is 6.09. The lowest BCUT2D eigenvalue weighted by Crippen LogP contribution is -2.19. The van der Waals surface area contributed by atoms with Crippen molar-refractivity contribution in [2.45, 2.75) is 18.9 Å². The molecule has 1 atom stereocenters. The van der Waals surface area contributed by atoms with Gasteiger partial charge in [-0.05, 0) is 37.1 Å². The van der Waals surface area contributed by atoms with E-state index in [1.54, 1.807) is 4.68 Å². The van der Waals surface area contributed by atoms with E-state index in [4.69, 9.17) is 27.1 Å². The van der Waals surface area contributed by atoms with Crippen LogP contribution in [0.25, 0.3) is 28.0 Å². The summed E-state index contributed by atoms with van der Waals surface area (Å²) in [5, 5.41) is 9.35. The van der Waals surface area contributed by atoms with Crippen LogP contribution in [0.3, 0.4) is 0 Å². The maximum Gasteiger partial charge on any atom is 0.225 e. The number of para-hydroxylation sites is 1. The number of hydrogen-bond acceptors (Lipinski definition) is 6. The van der Waals surface area contributed by atoms with Crippen molar-refractivity contribution in [1.29, 1.82) is 0 Å². The van der Waals surface area contributed by atoms with Gasteiger partial charge in [0.15, 0.2) is 5.65 Å². The highest BCUT2D eigenvalue weighted by Crippen LogP contribution is 2.33. The Morgan fingerprint density at radius 1 is 1.10 bits per heavy atom. The van der Waals surface area contributed by atoms with E-state index in [-0.39, 0.29) is 6.10 Å². The van der Waals surface area contributed by atoms with Gasteiger partial charge in [-0.2, -0.15) is 4.98 Å². The fraction of sp³-hybridized carbons (Fsp3) is 0.227. The second-order valence-corrected chi connectivity index (χ2v) is 7.69. The SMILES string of the molecule is Nc1c2c(-c3ccc(Cl)cc3)nc(NCC3CCCO3)nc2nn1-c1ccccc1. The number of anilines is 2. The summed E-state index contributed by atoms with van der Waals surface area (Å²) < 4.78 is 7.40. The predicted octanol–water partition coefficient (Wildman–Crippen LogP) is 4.31. The summed E-state index contributed by atoms with van der Waals surface area (Å²) in [6.45, 7) is 1.46. The lowest BCUT2D eigenvalue weighted by atomic mass is 10.1.